The third-order valence-corrected chi connectivity index (χ3v) is 11.9. The lowest BCUT2D eigenvalue weighted by Gasteiger charge is -2.35. The van der Waals surface area contributed by atoms with Crippen LogP contribution in [0.25, 0.3) is 55.0 Å². The highest BCUT2D eigenvalue weighted by Crippen LogP contribution is 2.43. The van der Waals surface area contributed by atoms with E-state index in [1.807, 2.05) is 0 Å². The zero-order chi connectivity index (χ0) is 37.4. The molecular weight excluding hydrogens is 671 g/mol. The van der Waals surface area contributed by atoms with Gasteiger partial charge in [-0.1, -0.05) is 120 Å². The van der Waals surface area contributed by atoms with Gasteiger partial charge in [-0.25, -0.2) is 0 Å². The first-order chi connectivity index (χ1) is 26.5. The van der Waals surface area contributed by atoms with Crippen LogP contribution in [0.3, 0.4) is 0 Å². The van der Waals surface area contributed by atoms with Gasteiger partial charge in [-0.3, -0.25) is 0 Å². The van der Waals surface area contributed by atoms with Crippen LogP contribution in [-0.2, 0) is 10.8 Å². The van der Waals surface area contributed by atoms with Crippen molar-refractivity contribution in [2.45, 2.75) is 52.4 Å². The summed E-state index contributed by atoms with van der Waals surface area (Å²) < 4.78 is 18.8. The molecule has 4 heterocycles. The second kappa shape index (κ2) is 11.2. The molecule has 4 nitrogen and oxygen atoms in total. The molecule has 5 heteroatoms. The second-order valence-electron chi connectivity index (χ2n) is 17.4. The van der Waals surface area contributed by atoms with Crippen LogP contribution in [0.15, 0.2) is 140 Å². The molecule has 0 spiro atoms. The van der Waals surface area contributed by atoms with Gasteiger partial charge in [-0.2, -0.15) is 0 Å². The lowest BCUT2D eigenvalue weighted by atomic mass is 9.34. The van der Waals surface area contributed by atoms with Crippen molar-refractivity contribution < 1.29 is 9.47 Å². The van der Waals surface area contributed by atoms with E-state index in [1.54, 1.807) is 0 Å². The lowest BCUT2D eigenvalue weighted by Crippen LogP contribution is -2.57. The molecule has 2 aromatic heterocycles. The fourth-order valence-electron chi connectivity index (χ4n) is 9.10. The van der Waals surface area contributed by atoms with Crippen molar-refractivity contribution in [2.75, 3.05) is 0 Å². The predicted octanol–water partition coefficient (Wildman–Crippen LogP) is 11.2. The van der Waals surface area contributed by atoms with Crippen LogP contribution in [0.4, 0.5) is 0 Å². The Labute approximate surface area is 321 Å². The third-order valence-electron chi connectivity index (χ3n) is 11.9. The highest BCUT2D eigenvalue weighted by molar-refractivity contribution is 6.98. The molecule has 0 N–H and O–H groups in total. The Morgan fingerprint density at radius 2 is 0.855 bits per heavy atom. The molecule has 2 aliphatic heterocycles. The van der Waals surface area contributed by atoms with Gasteiger partial charge < -0.3 is 18.6 Å². The van der Waals surface area contributed by atoms with Gasteiger partial charge in [0, 0.05) is 44.8 Å². The Balaban J connectivity index is 1.19. The molecule has 7 aromatic carbocycles. The molecular formula is C50H41BN2O2. The van der Waals surface area contributed by atoms with E-state index in [2.05, 4.69) is 190 Å². The Morgan fingerprint density at radius 3 is 1.35 bits per heavy atom. The normalized spacial score (nSPS) is 13.5. The summed E-state index contributed by atoms with van der Waals surface area (Å²) in [5.74, 6) is 3.51. The van der Waals surface area contributed by atoms with E-state index in [0.717, 1.165) is 50.9 Å². The minimum Gasteiger partial charge on any atom is -0.458 e. The maximum atomic E-state index is 7.00. The molecule has 0 unspecified atom stereocenters. The summed E-state index contributed by atoms with van der Waals surface area (Å²) in [5, 5.41) is 4.85. The Hall–Kier alpha value is -6.20. The largest absolute Gasteiger partial charge is 0.458 e. The monoisotopic (exact) mass is 712 g/mol. The molecule has 2 aliphatic rings. The van der Waals surface area contributed by atoms with Gasteiger partial charge in [0.15, 0.2) is 0 Å². The van der Waals surface area contributed by atoms with Crippen LogP contribution < -0.4 is 25.9 Å². The quantitative estimate of drug-likeness (QED) is 0.167. The second-order valence-corrected chi connectivity index (χ2v) is 17.4. The van der Waals surface area contributed by atoms with Crippen LogP contribution in [0, 0.1) is 0 Å². The van der Waals surface area contributed by atoms with E-state index < -0.39 is 0 Å². The van der Waals surface area contributed by atoms with Crippen molar-refractivity contribution in [3.63, 3.8) is 0 Å². The molecule has 266 valence electrons. The Morgan fingerprint density at radius 1 is 0.400 bits per heavy atom. The smallest absolute Gasteiger partial charge is 0.260 e. The molecule has 0 radical (unpaired) electrons. The van der Waals surface area contributed by atoms with Gasteiger partial charge in [0.2, 0.25) is 0 Å². The summed E-state index contributed by atoms with van der Waals surface area (Å²) >= 11 is 0. The van der Waals surface area contributed by atoms with Crippen LogP contribution in [0.2, 0.25) is 0 Å². The maximum absolute atomic E-state index is 7.00. The maximum Gasteiger partial charge on any atom is 0.260 e. The molecule has 0 aliphatic carbocycles. The average molecular weight is 713 g/mol. The van der Waals surface area contributed by atoms with E-state index in [9.17, 15) is 0 Å². The predicted molar refractivity (Wildman–Crippen MR) is 230 cm³/mol. The van der Waals surface area contributed by atoms with Crippen molar-refractivity contribution in [1.29, 1.82) is 0 Å². The molecule has 9 aromatic rings. The zero-order valence-corrected chi connectivity index (χ0v) is 32.1. The summed E-state index contributed by atoms with van der Waals surface area (Å²) in [5.41, 5.74) is 12.7. The summed E-state index contributed by atoms with van der Waals surface area (Å²) in [6.07, 6.45) is 0. The molecule has 0 amide bonds. The van der Waals surface area contributed by atoms with Crippen molar-refractivity contribution in [3.8, 4) is 34.4 Å². The van der Waals surface area contributed by atoms with E-state index in [0.29, 0.717) is 0 Å². The fourth-order valence-corrected chi connectivity index (χ4v) is 9.10. The van der Waals surface area contributed by atoms with Crippen LogP contribution in [0.1, 0.15) is 52.7 Å². The van der Waals surface area contributed by atoms with Crippen LogP contribution in [-0.4, -0.2) is 15.8 Å². The fraction of sp³-hybridized carbons (Fsp3) is 0.160. The lowest BCUT2D eigenvalue weighted by molar-refractivity contribution is 0.461. The highest BCUT2D eigenvalue weighted by Gasteiger charge is 2.41. The number of rotatable bonds is 2. The third kappa shape index (κ3) is 4.72. The first-order valence-corrected chi connectivity index (χ1v) is 19.4. The van der Waals surface area contributed by atoms with Crippen molar-refractivity contribution in [3.05, 3.63) is 151 Å². The number of para-hydroxylation sites is 3. The first kappa shape index (κ1) is 32.3. The van der Waals surface area contributed by atoms with Gasteiger partial charge >= 0.3 is 0 Å². The summed E-state index contributed by atoms with van der Waals surface area (Å²) in [4.78, 5) is 0. The molecule has 11 rings (SSSR count). The van der Waals surface area contributed by atoms with Crippen molar-refractivity contribution in [2.24, 2.45) is 0 Å². The summed E-state index contributed by atoms with van der Waals surface area (Å²) in [7, 11) is 0. The highest BCUT2D eigenvalue weighted by atomic mass is 16.5. The van der Waals surface area contributed by atoms with Gasteiger partial charge in [-0.15, -0.1) is 0 Å². The van der Waals surface area contributed by atoms with E-state index in [4.69, 9.17) is 9.47 Å². The van der Waals surface area contributed by atoms with Gasteiger partial charge in [-0.05, 0) is 81.4 Å². The summed E-state index contributed by atoms with van der Waals surface area (Å²) in [6.45, 7) is 13.6. The molecule has 0 bridgehead atoms. The average Bonchev–Trinajstić information content (AvgIpc) is 3.68. The molecule has 0 saturated carbocycles. The van der Waals surface area contributed by atoms with Crippen molar-refractivity contribution in [1.82, 2.24) is 9.13 Å². The van der Waals surface area contributed by atoms with Crippen LogP contribution in [0.5, 0.6) is 23.0 Å². The summed E-state index contributed by atoms with van der Waals surface area (Å²) in [6, 6.07) is 51.0. The van der Waals surface area contributed by atoms with E-state index in [-0.39, 0.29) is 17.5 Å². The number of benzene rings is 7. The number of aromatic nitrogens is 2. The number of hydrogen-bond acceptors (Lipinski definition) is 2. The van der Waals surface area contributed by atoms with Gasteiger partial charge in [0.05, 0.1) is 27.8 Å². The number of fused-ring (bicyclic) bond motifs is 10. The van der Waals surface area contributed by atoms with E-state index >= 15 is 0 Å². The van der Waals surface area contributed by atoms with E-state index in [1.165, 1.54) is 54.6 Å². The standard InChI is InChI=1S/C50H41BN2O2/c1-49(2,3)30-20-22-38-44(24-30)54-46-26-33(27-47-48(46)51(38)39-23-21-31(50(4,5)6)25-45(39)55-47)53-41-19-13-11-17-35(41)37-28-42-36(29-43(37)53)34-16-10-12-18-40(34)52(42)32-14-8-7-9-15-32/h7-29H,1-6H3. The topological polar surface area (TPSA) is 28.3 Å². The Bertz CT molecular complexity index is 2980. The minimum atomic E-state index is -0.0151. The first-order valence-electron chi connectivity index (χ1n) is 19.4. The number of ether oxygens (including phenoxy) is 2. The molecule has 55 heavy (non-hydrogen) atoms. The van der Waals surface area contributed by atoms with Gasteiger partial charge in [0.1, 0.15) is 23.0 Å². The van der Waals surface area contributed by atoms with Gasteiger partial charge in [0.25, 0.3) is 6.71 Å². The molecule has 0 atom stereocenters. The zero-order valence-electron chi connectivity index (χ0n) is 32.1. The molecule has 0 fully saturated rings. The van der Waals surface area contributed by atoms with Crippen molar-refractivity contribution >= 4 is 66.7 Å². The SMILES string of the molecule is CC(C)(C)c1ccc2c(c1)Oc1cc(-n3c4ccccc4c4cc5c(cc43)c3ccccc3n5-c3ccccc3)cc3c1B2c1ccc(C(C)(C)C)cc1O3. The Kier molecular flexibility index (Phi) is 6.55. The number of hydrogen-bond donors (Lipinski definition) is 0. The minimum absolute atomic E-state index is 0.00326. The van der Waals surface area contributed by atoms with Crippen LogP contribution >= 0.6 is 0 Å². The number of nitrogens with zero attached hydrogens (tertiary/aromatic N) is 2. The molecule has 0 saturated heterocycles.